The summed E-state index contributed by atoms with van der Waals surface area (Å²) in [5, 5.41) is 18.2. The zero-order chi connectivity index (χ0) is 44.1. The number of para-hydroxylation sites is 2. The quantitative estimate of drug-likeness (QED) is 0.106. The maximum absolute atomic E-state index is 8.21. The van der Waals surface area contributed by atoms with Gasteiger partial charge in [0.05, 0.1) is 11.0 Å². The number of allylic oxidation sites excluding steroid dienone is 1. The third kappa shape index (κ3) is 6.65. The van der Waals surface area contributed by atoms with Crippen LogP contribution in [0.1, 0.15) is 43.0 Å². The number of aromatic nitrogens is 1. The normalized spacial score (nSPS) is 12.8. The number of aryl methyl sites for hydroxylation is 1. The van der Waals surface area contributed by atoms with Gasteiger partial charge in [-0.15, -0.1) is 6.58 Å². The highest BCUT2D eigenvalue weighted by molar-refractivity contribution is 6.20. The van der Waals surface area contributed by atoms with Crippen molar-refractivity contribution in [1.82, 2.24) is 4.57 Å². The first-order valence-corrected chi connectivity index (χ1v) is 21.7. The van der Waals surface area contributed by atoms with Gasteiger partial charge in [0.15, 0.2) is 5.84 Å². The van der Waals surface area contributed by atoms with Gasteiger partial charge in [0.1, 0.15) is 17.0 Å². The molecule has 12 rings (SSSR count). The van der Waals surface area contributed by atoms with Crippen molar-refractivity contribution in [2.75, 3.05) is 0 Å². The van der Waals surface area contributed by atoms with Crippen molar-refractivity contribution >= 4 is 77.0 Å². The molecule has 1 aliphatic carbocycles. The topological polar surface area (TPSA) is 80.3 Å². The van der Waals surface area contributed by atoms with Crippen LogP contribution in [0.5, 0.6) is 0 Å². The molecule has 0 radical (unpaired) electrons. The molecule has 3 N–H and O–H groups in total. The predicted molar refractivity (Wildman–Crippen MR) is 272 cm³/mol. The lowest BCUT2D eigenvalue weighted by Crippen LogP contribution is -2.15. The van der Waals surface area contributed by atoms with Gasteiger partial charge < -0.3 is 14.7 Å². The number of nitrogens with two attached hydrogens (primary N) is 1. The number of nitrogens with one attached hydrogen (secondary N) is 1. The van der Waals surface area contributed by atoms with Crippen molar-refractivity contribution < 1.29 is 4.42 Å². The predicted octanol–water partition coefficient (Wildman–Crippen LogP) is 15.1. The molecule has 1 aliphatic rings. The molecule has 0 bridgehead atoms. The molecule has 0 aliphatic heterocycles. The lowest BCUT2D eigenvalue weighted by atomic mass is 9.82. The lowest BCUT2D eigenvalue weighted by Gasteiger charge is -2.21. The van der Waals surface area contributed by atoms with Gasteiger partial charge in [0, 0.05) is 56.1 Å². The van der Waals surface area contributed by atoms with E-state index in [1.807, 2.05) is 79.7 Å². The summed E-state index contributed by atoms with van der Waals surface area (Å²) in [7, 11) is 2.22. The van der Waals surface area contributed by atoms with Gasteiger partial charge in [-0.25, -0.2) is 4.99 Å². The molecular weight excluding hydrogens is 781 g/mol. The number of fused-ring (bicyclic) bond motifs is 13. The van der Waals surface area contributed by atoms with Crippen LogP contribution >= 0.6 is 0 Å². The van der Waals surface area contributed by atoms with Crippen LogP contribution in [0.15, 0.2) is 204 Å². The molecule has 0 saturated carbocycles. The fourth-order valence-corrected chi connectivity index (χ4v) is 9.72. The van der Waals surface area contributed by atoms with Gasteiger partial charge in [0.25, 0.3) is 0 Å². The summed E-state index contributed by atoms with van der Waals surface area (Å²) in [5.41, 5.74) is 19.8. The van der Waals surface area contributed by atoms with Gasteiger partial charge in [-0.05, 0) is 75.2 Å². The van der Waals surface area contributed by atoms with E-state index in [1.165, 1.54) is 76.7 Å². The fraction of sp³-hybridized carbons (Fsp3) is 0.0847. The van der Waals surface area contributed by atoms with Gasteiger partial charge in [-0.2, -0.15) is 0 Å². The first-order valence-electron chi connectivity index (χ1n) is 21.7. The third-order valence-corrected chi connectivity index (χ3v) is 12.7. The Morgan fingerprint density at radius 3 is 1.95 bits per heavy atom. The van der Waals surface area contributed by atoms with Gasteiger partial charge in [-0.1, -0.05) is 178 Å². The first kappa shape index (κ1) is 40.1. The minimum absolute atomic E-state index is 0.0161. The highest BCUT2D eigenvalue weighted by Gasteiger charge is 2.36. The van der Waals surface area contributed by atoms with Crippen LogP contribution in [-0.4, -0.2) is 16.2 Å². The van der Waals surface area contributed by atoms with Crippen LogP contribution in [0.3, 0.4) is 0 Å². The second kappa shape index (κ2) is 16.0. The minimum atomic E-state index is -0.0161. The fourth-order valence-electron chi connectivity index (χ4n) is 9.72. The molecular formula is C59H48N4O. The Labute approximate surface area is 372 Å². The van der Waals surface area contributed by atoms with Crippen molar-refractivity contribution in [1.29, 1.82) is 5.41 Å². The van der Waals surface area contributed by atoms with Crippen molar-refractivity contribution in [3.05, 3.63) is 217 Å². The monoisotopic (exact) mass is 828 g/mol. The average Bonchev–Trinajstić information content (AvgIpc) is 3.93. The van der Waals surface area contributed by atoms with E-state index in [0.29, 0.717) is 11.4 Å². The van der Waals surface area contributed by atoms with E-state index in [2.05, 4.69) is 146 Å². The number of hydrogen-bond donors (Lipinski definition) is 2. The Kier molecular flexibility index (Phi) is 10.0. The van der Waals surface area contributed by atoms with Gasteiger partial charge >= 0.3 is 0 Å². The lowest BCUT2D eigenvalue weighted by molar-refractivity contribution is 0.661. The summed E-state index contributed by atoms with van der Waals surface area (Å²) < 4.78 is 8.26. The van der Waals surface area contributed by atoms with E-state index in [9.17, 15) is 0 Å². The number of aliphatic imine (C=N–C) groups is 1. The highest BCUT2D eigenvalue weighted by Crippen LogP contribution is 2.52. The Morgan fingerprint density at radius 1 is 0.578 bits per heavy atom. The molecule has 310 valence electrons. The summed E-state index contributed by atoms with van der Waals surface area (Å²) in [5.74, 6) is 0.434. The van der Waals surface area contributed by atoms with E-state index in [1.54, 1.807) is 6.08 Å². The van der Waals surface area contributed by atoms with Crippen molar-refractivity contribution in [3.8, 4) is 22.3 Å². The molecule has 0 unspecified atom stereocenters. The molecule has 0 atom stereocenters. The highest BCUT2D eigenvalue weighted by atomic mass is 16.3. The second-order valence-electron chi connectivity index (χ2n) is 17.0. The van der Waals surface area contributed by atoms with E-state index in [4.69, 9.17) is 15.6 Å². The standard InChI is InChI=1S/C36H27N.C20H15N3O.C3H6/c1-36(2)31-19-17-24(21-30(31)33-25-11-6-4-9-22(25)16-20-32(33)36)27-13-8-14-28-29-18-15-23-10-5-7-12-26(23)34(29)37(3)35(27)28;21-19(13-6-2-1-3-7-13)23-20(22)14-10-11-16-15-8-4-5-9-17(15)24-18(16)12-14;1-3-2/h4-21H,1-3H3;1-12H,(H3,21,22,23);3H,1H2,2H3. The number of furan rings is 1. The maximum Gasteiger partial charge on any atom is 0.154 e. The van der Waals surface area contributed by atoms with Gasteiger partial charge in [0.2, 0.25) is 0 Å². The van der Waals surface area contributed by atoms with Crippen molar-refractivity contribution in [2.24, 2.45) is 17.8 Å². The summed E-state index contributed by atoms with van der Waals surface area (Å²) in [4.78, 5) is 4.21. The van der Waals surface area contributed by atoms with Crippen molar-refractivity contribution in [2.45, 2.75) is 26.2 Å². The SMILES string of the molecule is C=CC.Cn1c2c(-c3ccc4c(c3)-c3c(ccc5ccccc35)C4(C)C)cccc2c2ccc3ccccc3c21.N=C(N=C(N)c1ccccc1)c1ccc2c(c1)oc1ccccc12. The summed E-state index contributed by atoms with van der Waals surface area (Å²) in [6.45, 7) is 9.98. The van der Waals surface area contributed by atoms with E-state index in [-0.39, 0.29) is 11.3 Å². The molecule has 0 amide bonds. The zero-order valence-electron chi connectivity index (χ0n) is 36.5. The van der Waals surface area contributed by atoms with E-state index < -0.39 is 0 Å². The Hall–Kier alpha value is -8.02. The summed E-state index contributed by atoms with van der Waals surface area (Å²) in [6.07, 6.45) is 1.75. The van der Waals surface area contributed by atoms with Gasteiger partial charge in [-0.3, -0.25) is 5.41 Å². The van der Waals surface area contributed by atoms with Crippen LogP contribution in [0.4, 0.5) is 0 Å². The van der Waals surface area contributed by atoms with E-state index in [0.717, 1.165) is 27.5 Å². The molecule has 2 aromatic heterocycles. The molecule has 64 heavy (non-hydrogen) atoms. The second-order valence-corrected chi connectivity index (χ2v) is 17.0. The molecule has 5 nitrogen and oxygen atoms in total. The number of rotatable bonds is 3. The molecule has 9 aromatic carbocycles. The molecule has 11 aromatic rings. The number of benzene rings is 9. The van der Waals surface area contributed by atoms with E-state index >= 15 is 0 Å². The first-order chi connectivity index (χ1) is 31.2. The zero-order valence-corrected chi connectivity index (χ0v) is 36.5. The molecule has 2 heterocycles. The number of nitrogens with zero attached hydrogens (tertiary/aromatic N) is 2. The summed E-state index contributed by atoms with van der Waals surface area (Å²) in [6, 6.07) is 63.6. The number of amidine groups is 2. The Morgan fingerprint density at radius 2 is 1.17 bits per heavy atom. The molecule has 0 spiro atoms. The Balaban J connectivity index is 0.000000155. The number of hydrogen-bond acceptors (Lipinski definition) is 2. The third-order valence-electron chi connectivity index (χ3n) is 12.7. The molecule has 5 heteroatoms. The average molecular weight is 829 g/mol. The molecule has 0 saturated heterocycles. The smallest absolute Gasteiger partial charge is 0.154 e. The summed E-state index contributed by atoms with van der Waals surface area (Å²) >= 11 is 0. The largest absolute Gasteiger partial charge is 0.456 e. The Bertz CT molecular complexity index is 3660. The van der Waals surface area contributed by atoms with Crippen LogP contribution < -0.4 is 5.73 Å². The van der Waals surface area contributed by atoms with Crippen molar-refractivity contribution in [3.63, 3.8) is 0 Å². The van der Waals surface area contributed by atoms with Crippen LogP contribution in [0.25, 0.3) is 87.5 Å². The molecule has 0 fully saturated rings. The maximum atomic E-state index is 8.21. The van der Waals surface area contributed by atoms with Crippen LogP contribution in [0.2, 0.25) is 0 Å². The van der Waals surface area contributed by atoms with Crippen LogP contribution in [-0.2, 0) is 12.5 Å². The van der Waals surface area contributed by atoms with Crippen LogP contribution in [0, 0.1) is 5.41 Å². The minimum Gasteiger partial charge on any atom is -0.456 e.